The third-order valence-electron chi connectivity index (χ3n) is 0.208. The van der Waals surface area contributed by atoms with E-state index in [0.29, 0.717) is 5.55 Å². The van der Waals surface area contributed by atoms with Crippen LogP contribution in [0.2, 0.25) is 0 Å². The Morgan fingerprint density at radius 1 is 1.57 bits per heavy atom. The summed E-state index contributed by atoms with van der Waals surface area (Å²) in [6.45, 7) is 0. The smallest absolute Gasteiger partial charge is 0.250 e. The number of sulfonamides is 1. The normalized spacial score (nSPS) is 12.7. The highest BCUT2D eigenvalue weighted by Crippen LogP contribution is 1.61. The predicted molar refractivity (Wildman–Crippen MR) is 25.8 cm³/mol. The van der Waals surface area contributed by atoms with E-state index in [-0.39, 0.29) is 0 Å². The maximum absolute atomic E-state index is 9.78. The van der Waals surface area contributed by atoms with Crippen LogP contribution < -0.4 is 11.0 Å². The fourth-order valence-electron chi connectivity index (χ4n) is 0.0848. The highest BCUT2D eigenvalue weighted by atomic mass is 32.2. The van der Waals surface area contributed by atoms with E-state index in [9.17, 15) is 8.42 Å². The molecular weight excluding hydrogens is 118 g/mol. The van der Waals surface area contributed by atoms with Crippen LogP contribution in [-0.2, 0) is 10.0 Å². The van der Waals surface area contributed by atoms with E-state index in [1.54, 1.807) is 0 Å². The molecule has 0 spiro atoms. The van der Waals surface area contributed by atoms with Crippen LogP contribution in [0.3, 0.4) is 0 Å². The van der Waals surface area contributed by atoms with Crippen molar-refractivity contribution in [3.05, 3.63) is 0 Å². The number of nitrogens with two attached hydrogens (primary N) is 2. The zero-order valence-corrected chi connectivity index (χ0v) is 4.22. The topological polar surface area (TPSA) is 98.5 Å². The quantitative estimate of drug-likeness (QED) is 0.186. The van der Waals surface area contributed by atoms with Crippen molar-refractivity contribution in [1.82, 2.24) is 0 Å². The number of rotatable bonds is 1. The van der Waals surface area contributed by atoms with Crippen LogP contribution in [0.25, 0.3) is 0 Å². The average Bonchev–Trinajstić information content (AvgIpc) is 1.30. The second-order valence-corrected chi connectivity index (χ2v) is 2.23. The SMILES string of the molecule is NN=CS(N)(=O)=O. The molecule has 0 bridgehead atoms. The zero-order chi connectivity index (χ0) is 5.91. The van der Waals surface area contributed by atoms with Gasteiger partial charge in [0.1, 0.15) is 0 Å². The Hall–Kier alpha value is -0.620. The number of nitrogens with zero attached hydrogens (tertiary/aromatic N) is 1. The van der Waals surface area contributed by atoms with Crippen LogP contribution in [0.5, 0.6) is 0 Å². The second-order valence-electron chi connectivity index (χ2n) is 0.844. The highest BCUT2D eigenvalue weighted by Gasteiger charge is 1.90. The second kappa shape index (κ2) is 1.90. The van der Waals surface area contributed by atoms with Gasteiger partial charge in [0.2, 0.25) is 10.0 Å². The average molecular weight is 123 g/mol. The fraction of sp³-hybridized carbons (Fsp3) is 0. The molecule has 6 heteroatoms. The lowest BCUT2D eigenvalue weighted by Crippen LogP contribution is -2.13. The van der Waals surface area contributed by atoms with E-state index in [0.717, 1.165) is 0 Å². The van der Waals surface area contributed by atoms with Gasteiger partial charge in [-0.1, -0.05) is 0 Å². The van der Waals surface area contributed by atoms with E-state index < -0.39 is 10.0 Å². The van der Waals surface area contributed by atoms with Crippen LogP contribution in [-0.4, -0.2) is 14.0 Å². The minimum atomic E-state index is -3.59. The molecule has 0 saturated heterocycles. The lowest BCUT2D eigenvalue weighted by molar-refractivity contribution is 0.609. The Balaban J connectivity index is 4.13. The summed E-state index contributed by atoms with van der Waals surface area (Å²) >= 11 is 0. The third kappa shape index (κ3) is 5.38. The van der Waals surface area contributed by atoms with Gasteiger partial charge in [-0.05, 0) is 0 Å². The molecule has 0 saturated carbocycles. The van der Waals surface area contributed by atoms with Crippen molar-refractivity contribution in [2.24, 2.45) is 16.1 Å². The molecular formula is CH5N3O2S. The molecule has 0 aromatic heterocycles. The Kier molecular flexibility index (Phi) is 1.73. The van der Waals surface area contributed by atoms with Gasteiger partial charge in [0.05, 0.1) is 0 Å². The molecule has 4 N–H and O–H groups in total. The van der Waals surface area contributed by atoms with Crippen molar-refractivity contribution in [1.29, 1.82) is 0 Å². The summed E-state index contributed by atoms with van der Waals surface area (Å²) in [6, 6.07) is 0. The van der Waals surface area contributed by atoms with Crippen LogP contribution in [0.15, 0.2) is 5.10 Å². The first-order valence-corrected chi connectivity index (χ1v) is 2.93. The molecule has 0 fully saturated rings. The molecule has 0 radical (unpaired) electrons. The number of primary sulfonamides is 1. The summed E-state index contributed by atoms with van der Waals surface area (Å²) in [6.07, 6.45) is 0. The van der Waals surface area contributed by atoms with Gasteiger partial charge in [-0.15, -0.1) is 0 Å². The first-order valence-electron chi connectivity index (χ1n) is 1.32. The van der Waals surface area contributed by atoms with E-state index in [2.05, 4.69) is 16.1 Å². The Labute approximate surface area is 41.0 Å². The van der Waals surface area contributed by atoms with Gasteiger partial charge in [0, 0.05) is 0 Å². The maximum atomic E-state index is 9.78. The molecule has 0 aliphatic heterocycles. The summed E-state index contributed by atoms with van der Waals surface area (Å²) in [5.41, 5.74) is 0.465. The van der Waals surface area contributed by atoms with Gasteiger partial charge in [0.15, 0.2) is 5.55 Å². The molecule has 0 aliphatic carbocycles. The van der Waals surface area contributed by atoms with Crippen molar-refractivity contribution in [2.45, 2.75) is 0 Å². The predicted octanol–water partition coefficient (Wildman–Crippen LogP) is -1.82. The first-order chi connectivity index (χ1) is 3.06. The van der Waals surface area contributed by atoms with Crippen LogP contribution in [0, 0.1) is 0 Å². The summed E-state index contributed by atoms with van der Waals surface area (Å²) in [5.74, 6) is 4.42. The molecule has 0 aromatic carbocycles. The molecule has 0 atom stereocenters. The number of hydrogen-bond acceptors (Lipinski definition) is 4. The summed E-state index contributed by atoms with van der Waals surface area (Å²) in [4.78, 5) is 0. The van der Waals surface area contributed by atoms with Crippen molar-refractivity contribution < 1.29 is 8.42 Å². The largest absolute Gasteiger partial charge is 0.323 e. The van der Waals surface area contributed by atoms with Crippen molar-refractivity contribution >= 4 is 15.6 Å². The summed E-state index contributed by atoms with van der Waals surface area (Å²) in [5, 5.41) is 7.06. The van der Waals surface area contributed by atoms with Crippen LogP contribution in [0.4, 0.5) is 0 Å². The molecule has 5 nitrogen and oxygen atoms in total. The maximum Gasteiger partial charge on any atom is 0.250 e. The van der Waals surface area contributed by atoms with Crippen LogP contribution >= 0.6 is 0 Å². The van der Waals surface area contributed by atoms with E-state index >= 15 is 0 Å². The number of hydrogen-bond donors (Lipinski definition) is 2. The fourth-order valence-corrected chi connectivity index (χ4v) is 0.254. The van der Waals surface area contributed by atoms with E-state index in [1.807, 2.05) is 0 Å². The van der Waals surface area contributed by atoms with Gasteiger partial charge in [-0.25, -0.2) is 13.6 Å². The molecule has 0 unspecified atom stereocenters. The van der Waals surface area contributed by atoms with Crippen molar-refractivity contribution in [2.75, 3.05) is 0 Å². The van der Waals surface area contributed by atoms with Gasteiger partial charge in [-0.2, -0.15) is 5.10 Å². The third-order valence-corrected chi connectivity index (χ3v) is 0.623. The Bertz CT molecular complexity index is 156. The first kappa shape index (κ1) is 6.38. The van der Waals surface area contributed by atoms with Gasteiger partial charge < -0.3 is 5.84 Å². The van der Waals surface area contributed by atoms with Crippen molar-refractivity contribution in [3.8, 4) is 0 Å². The molecule has 0 heterocycles. The molecule has 0 aromatic rings. The van der Waals surface area contributed by atoms with Crippen LogP contribution in [0.1, 0.15) is 0 Å². The van der Waals surface area contributed by atoms with E-state index in [1.165, 1.54) is 0 Å². The summed E-state index contributed by atoms with van der Waals surface area (Å²) in [7, 11) is -3.59. The van der Waals surface area contributed by atoms with Gasteiger partial charge in [0.25, 0.3) is 0 Å². The molecule has 0 rings (SSSR count). The number of hydrazone groups is 1. The molecule has 0 aliphatic rings. The molecule has 42 valence electrons. The monoisotopic (exact) mass is 123 g/mol. The van der Waals surface area contributed by atoms with E-state index in [4.69, 9.17) is 0 Å². The lowest BCUT2D eigenvalue weighted by atomic mass is 11.7. The van der Waals surface area contributed by atoms with Gasteiger partial charge >= 0.3 is 0 Å². The Morgan fingerprint density at radius 3 is 2.00 bits per heavy atom. The Morgan fingerprint density at radius 2 is 2.00 bits per heavy atom. The minimum Gasteiger partial charge on any atom is -0.323 e. The highest BCUT2D eigenvalue weighted by molar-refractivity contribution is 8.02. The summed E-state index contributed by atoms with van der Waals surface area (Å²) < 4.78 is 19.6. The standard InChI is InChI=1S/CH5N3O2S/c2-4-1-7(3,5)6/h1H,2H2,(H2,3,5,6). The minimum absolute atomic E-state index is 0.465. The molecule has 0 amide bonds. The van der Waals surface area contributed by atoms with Gasteiger partial charge in [-0.3, -0.25) is 0 Å². The zero-order valence-electron chi connectivity index (χ0n) is 3.40. The van der Waals surface area contributed by atoms with Crippen molar-refractivity contribution in [3.63, 3.8) is 0 Å². The lowest BCUT2D eigenvalue weighted by Gasteiger charge is -1.77. The molecule has 7 heavy (non-hydrogen) atoms.